The molecular formula is C18H22Cl2N2O2. The van der Waals surface area contributed by atoms with Crippen LogP contribution in [0, 0.1) is 13.8 Å². The highest BCUT2D eigenvalue weighted by Crippen LogP contribution is 2.28. The molecule has 6 heteroatoms. The van der Waals surface area contributed by atoms with Gasteiger partial charge in [0.25, 0.3) is 5.91 Å². The zero-order chi connectivity index (χ0) is 17.9. The van der Waals surface area contributed by atoms with Crippen LogP contribution in [-0.2, 0) is 6.42 Å². The first-order valence-corrected chi connectivity index (χ1v) is 8.81. The Morgan fingerprint density at radius 1 is 1.33 bits per heavy atom. The average molecular weight is 369 g/mol. The number of benzene rings is 1. The van der Waals surface area contributed by atoms with Gasteiger partial charge in [-0.1, -0.05) is 36.5 Å². The van der Waals surface area contributed by atoms with Crippen LogP contribution in [0.2, 0.25) is 10.0 Å². The Hall–Kier alpha value is -1.52. The van der Waals surface area contributed by atoms with Crippen LogP contribution in [-0.4, -0.2) is 21.8 Å². The summed E-state index contributed by atoms with van der Waals surface area (Å²) in [6, 6.07) is 4.91. The highest BCUT2D eigenvalue weighted by atomic mass is 35.5. The molecule has 0 bridgehead atoms. The van der Waals surface area contributed by atoms with E-state index in [-0.39, 0.29) is 5.91 Å². The lowest BCUT2D eigenvalue weighted by atomic mass is 10.1. The van der Waals surface area contributed by atoms with E-state index in [1.807, 2.05) is 13.8 Å². The van der Waals surface area contributed by atoms with Gasteiger partial charge in [-0.2, -0.15) is 5.10 Å². The van der Waals surface area contributed by atoms with Gasteiger partial charge < -0.3 is 4.74 Å². The van der Waals surface area contributed by atoms with Gasteiger partial charge in [0.05, 0.1) is 10.7 Å². The fraction of sp³-hybridized carbons (Fsp3) is 0.444. The maximum atomic E-state index is 12.7. The van der Waals surface area contributed by atoms with E-state index in [0.717, 1.165) is 36.2 Å². The lowest BCUT2D eigenvalue weighted by Gasteiger charge is -2.15. The molecule has 24 heavy (non-hydrogen) atoms. The number of nitrogens with zero attached hydrogens (tertiary/aromatic N) is 2. The molecule has 0 radical (unpaired) electrons. The smallest absolute Gasteiger partial charge is 0.287 e. The molecule has 0 aliphatic heterocycles. The predicted molar refractivity (Wildman–Crippen MR) is 97.5 cm³/mol. The third-order valence-corrected chi connectivity index (χ3v) is 4.51. The lowest BCUT2D eigenvalue weighted by Crippen LogP contribution is -2.31. The number of unbranched alkanes of at least 4 members (excludes halogenated alkanes) is 1. The Labute approximate surface area is 152 Å². The van der Waals surface area contributed by atoms with Crippen molar-refractivity contribution in [1.29, 1.82) is 0 Å². The first-order valence-electron chi connectivity index (χ1n) is 8.06. The van der Waals surface area contributed by atoms with Crippen molar-refractivity contribution in [2.75, 3.05) is 0 Å². The largest absolute Gasteiger partial charge is 0.479 e. The molecule has 1 aromatic carbocycles. The van der Waals surface area contributed by atoms with Crippen molar-refractivity contribution in [1.82, 2.24) is 9.78 Å². The lowest BCUT2D eigenvalue weighted by molar-refractivity contribution is 0.0707. The van der Waals surface area contributed by atoms with Crippen LogP contribution in [0.15, 0.2) is 18.2 Å². The summed E-state index contributed by atoms with van der Waals surface area (Å²) in [4.78, 5) is 12.7. The number of hydrogen-bond donors (Lipinski definition) is 0. The van der Waals surface area contributed by atoms with Crippen LogP contribution in [0.5, 0.6) is 5.75 Å². The highest BCUT2D eigenvalue weighted by Gasteiger charge is 2.23. The second-order valence-electron chi connectivity index (χ2n) is 5.84. The molecular weight excluding hydrogens is 347 g/mol. The van der Waals surface area contributed by atoms with E-state index < -0.39 is 6.10 Å². The fourth-order valence-electron chi connectivity index (χ4n) is 2.59. The van der Waals surface area contributed by atoms with Gasteiger partial charge in [0, 0.05) is 10.7 Å². The Morgan fingerprint density at radius 2 is 2.04 bits per heavy atom. The zero-order valence-electron chi connectivity index (χ0n) is 14.4. The summed E-state index contributed by atoms with van der Waals surface area (Å²) in [5.74, 6) is 0.207. The third kappa shape index (κ3) is 4.11. The minimum atomic E-state index is -0.708. The number of halogens is 2. The molecule has 0 saturated heterocycles. The monoisotopic (exact) mass is 368 g/mol. The highest BCUT2D eigenvalue weighted by molar-refractivity contribution is 6.35. The van der Waals surface area contributed by atoms with Gasteiger partial charge in [0.2, 0.25) is 0 Å². The van der Waals surface area contributed by atoms with E-state index >= 15 is 0 Å². The molecule has 0 N–H and O–H groups in total. The number of ether oxygens (including phenoxy) is 1. The standard InChI is InChI=1S/C18H22Cl2N2O2/c1-5-6-7-15-11(2)21-22(12(15)3)18(23)13(4)24-17-9-8-14(19)10-16(17)20/h8-10,13H,5-7H2,1-4H3. The van der Waals surface area contributed by atoms with Crippen molar-refractivity contribution in [3.8, 4) is 5.75 Å². The molecule has 0 spiro atoms. The molecule has 2 rings (SSSR count). The molecule has 1 atom stereocenters. The molecule has 4 nitrogen and oxygen atoms in total. The van der Waals surface area contributed by atoms with Gasteiger partial charge in [-0.3, -0.25) is 4.79 Å². The van der Waals surface area contributed by atoms with E-state index in [2.05, 4.69) is 12.0 Å². The van der Waals surface area contributed by atoms with Gasteiger partial charge in [0.15, 0.2) is 6.10 Å². The van der Waals surface area contributed by atoms with Crippen LogP contribution < -0.4 is 4.74 Å². The average Bonchev–Trinajstić information content (AvgIpc) is 2.81. The Bertz CT molecular complexity index is 741. The normalized spacial score (nSPS) is 12.2. The summed E-state index contributed by atoms with van der Waals surface area (Å²) in [6.07, 6.45) is 2.40. The van der Waals surface area contributed by atoms with Crippen LogP contribution in [0.3, 0.4) is 0 Å². The Balaban J connectivity index is 2.19. The van der Waals surface area contributed by atoms with Crippen molar-refractivity contribution in [2.45, 2.75) is 53.1 Å². The van der Waals surface area contributed by atoms with Gasteiger partial charge >= 0.3 is 0 Å². The van der Waals surface area contributed by atoms with Crippen molar-refractivity contribution in [3.63, 3.8) is 0 Å². The van der Waals surface area contributed by atoms with E-state index in [1.54, 1.807) is 25.1 Å². The Morgan fingerprint density at radius 3 is 2.67 bits per heavy atom. The van der Waals surface area contributed by atoms with Crippen LogP contribution in [0.25, 0.3) is 0 Å². The number of rotatable bonds is 6. The number of carbonyl (C=O) groups is 1. The van der Waals surface area contributed by atoms with Gasteiger partial charge in [-0.25, -0.2) is 4.68 Å². The first-order chi connectivity index (χ1) is 11.3. The molecule has 130 valence electrons. The van der Waals surface area contributed by atoms with E-state index in [1.165, 1.54) is 4.68 Å². The molecule has 0 saturated carbocycles. The fourth-order valence-corrected chi connectivity index (χ4v) is 3.04. The summed E-state index contributed by atoms with van der Waals surface area (Å²) < 4.78 is 7.14. The topological polar surface area (TPSA) is 44.1 Å². The summed E-state index contributed by atoms with van der Waals surface area (Å²) in [7, 11) is 0. The number of aryl methyl sites for hydroxylation is 1. The van der Waals surface area contributed by atoms with Crippen LogP contribution in [0.4, 0.5) is 0 Å². The minimum absolute atomic E-state index is 0.218. The van der Waals surface area contributed by atoms with Gasteiger partial charge in [0.1, 0.15) is 5.75 Å². The SMILES string of the molecule is CCCCc1c(C)nn(C(=O)C(C)Oc2ccc(Cl)cc2Cl)c1C. The van der Waals surface area contributed by atoms with Gasteiger partial charge in [-0.05, 0) is 57.4 Å². The zero-order valence-corrected chi connectivity index (χ0v) is 15.9. The van der Waals surface area contributed by atoms with E-state index in [4.69, 9.17) is 27.9 Å². The minimum Gasteiger partial charge on any atom is -0.479 e. The summed E-state index contributed by atoms with van der Waals surface area (Å²) >= 11 is 12.0. The molecule has 0 aliphatic rings. The maximum absolute atomic E-state index is 12.7. The molecule has 1 unspecified atom stereocenters. The summed E-state index contributed by atoms with van der Waals surface area (Å²) in [5, 5.41) is 5.29. The van der Waals surface area contributed by atoms with E-state index in [0.29, 0.717) is 15.8 Å². The Kier molecular flexibility index (Phi) is 6.30. The molecule has 1 heterocycles. The molecule has 2 aromatic rings. The summed E-state index contributed by atoms with van der Waals surface area (Å²) in [6.45, 7) is 7.69. The number of aromatic nitrogens is 2. The predicted octanol–water partition coefficient (Wildman–Crippen LogP) is 5.26. The number of hydrogen-bond acceptors (Lipinski definition) is 3. The second kappa shape index (κ2) is 8.04. The molecule has 0 aliphatic carbocycles. The summed E-state index contributed by atoms with van der Waals surface area (Å²) in [5.41, 5.74) is 2.91. The van der Waals surface area contributed by atoms with Crippen molar-refractivity contribution in [2.24, 2.45) is 0 Å². The first kappa shape index (κ1) is 18.8. The van der Waals surface area contributed by atoms with Crippen molar-refractivity contribution in [3.05, 3.63) is 45.2 Å². The van der Waals surface area contributed by atoms with E-state index in [9.17, 15) is 4.79 Å². The molecule has 0 fully saturated rings. The number of carbonyl (C=O) groups excluding carboxylic acids is 1. The van der Waals surface area contributed by atoms with Crippen molar-refractivity contribution < 1.29 is 9.53 Å². The van der Waals surface area contributed by atoms with Gasteiger partial charge in [-0.15, -0.1) is 0 Å². The third-order valence-electron chi connectivity index (χ3n) is 3.98. The van der Waals surface area contributed by atoms with Crippen LogP contribution in [0.1, 0.15) is 48.4 Å². The maximum Gasteiger partial charge on any atom is 0.287 e. The molecule has 0 amide bonds. The van der Waals surface area contributed by atoms with Crippen LogP contribution >= 0.6 is 23.2 Å². The quantitative estimate of drug-likeness (QED) is 0.698. The second-order valence-corrected chi connectivity index (χ2v) is 6.68. The molecule has 1 aromatic heterocycles. The van der Waals surface area contributed by atoms with Crippen molar-refractivity contribution >= 4 is 29.1 Å².